The molecular weight excluding hydrogens is 256 g/mol. The first-order chi connectivity index (χ1) is 10.4. The van der Waals surface area contributed by atoms with E-state index in [-0.39, 0.29) is 0 Å². The van der Waals surface area contributed by atoms with E-state index < -0.39 is 0 Å². The number of rotatable bonds is 4. The Morgan fingerprint density at radius 2 is 1.95 bits per heavy atom. The first-order valence-electron chi connectivity index (χ1n) is 8.48. The van der Waals surface area contributed by atoms with Gasteiger partial charge in [0.15, 0.2) is 0 Å². The molecule has 0 spiro atoms. The number of hydrogen-bond donors (Lipinski definition) is 1. The quantitative estimate of drug-likeness (QED) is 0.905. The smallest absolute Gasteiger partial charge is 0.0349 e. The molecular formula is C19H24N2. The fraction of sp³-hybridized carbons (Fsp3) is 0.526. The van der Waals surface area contributed by atoms with Gasteiger partial charge in [-0.25, -0.2) is 0 Å². The molecule has 110 valence electrons. The van der Waals surface area contributed by atoms with Crippen molar-refractivity contribution in [2.75, 3.05) is 6.54 Å². The molecule has 1 aromatic heterocycles. The third-order valence-electron chi connectivity index (χ3n) is 5.27. The summed E-state index contributed by atoms with van der Waals surface area (Å²) in [6.45, 7) is 1.20. The second-order valence-corrected chi connectivity index (χ2v) is 6.78. The highest BCUT2D eigenvalue weighted by Gasteiger charge is 2.29. The summed E-state index contributed by atoms with van der Waals surface area (Å²) in [5, 5.41) is 6.46. The summed E-state index contributed by atoms with van der Waals surface area (Å²) in [7, 11) is 0. The van der Waals surface area contributed by atoms with Gasteiger partial charge in [0, 0.05) is 23.8 Å². The molecule has 2 saturated carbocycles. The highest BCUT2D eigenvalue weighted by atomic mass is 14.9. The van der Waals surface area contributed by atoms with Crippen LogP contribution in [0.25, 0.3) is 10.8 Å². The standard InChI is InChI=1S/C19H24N2/c1-2-6-17(15(4-1)12-21-16-8-9-16)18-7-3-5-14-10-11-20-13-19(14)18/h3,5,7,10-11,13,15-17,21H,1-2,4,6,8-9,12H2. The van der Waals surface area contributed by atoms with Crippen LogP contribution in [-0.2, 0) is 0 Å². The van der Waals surface area contributed by atoms with E-state index in [1.165, 1.54) is 61.4 Å². The molecule has 2 unspecified atom stereocenters. The van der Waals surface area contributed by atoms with Crippen molar-refractivity contribution in [3.63, 3.8) is 0 Å². The van der Waals surface area contributed by atoms with Gasteiger partial charge in [0.2, 0.25) is 0 Å². The number of fused-ring (bicyclic) bond motifs is 1. The molecule has 2 fully saturated rings. The van der Waals surface area contributed by atoms with Crippen LogP contribution < -0.4 is 5.32 Å². The summed E-state index contributed by atoms with van der Waals surface area (Å²) < 4.78 is 0. The molecule has 0 aliphatic heterocycles. The lowest BCUT2D eigenvalue weighted by molar-refractivity contribution is 0.296. The second kappa shape index (κ2) is 5.76. The Morgan fingerprint density at radius 1 is 1.05 bits per heavy atom. The van der Waals surface area contributed by atoms with Gasteiger partial charge in [-0.2, -0.15) is 0 Å². The van der Waals surface area contributed by atoms with Gasteiger partial charge in [-0.1, -0.05) is 31.0 Å². The summed E-state index contributed by atoms with van der Waals surface area (Å²) in [6, 6.07) is 9.73. The Bertz CT molecular complexity index is 612. The van der Waals surface area contributed by atoms with Crippen LogP contribution in [-0.4, -0.2) is 17.6 Å². The minimum absolute atomic E-state index is 0.706. The van der Waals surface area contributed by atoms with Crippen LogP contribution in [0, 0.1) is 5.92 Å². The number of benzene rings is 1. The van der Waals surface area contributed by atoms with E-state index in [4.69, 9.17) is 0 Å². The highest BCUT2D eigenvalue weighted by Crippen LogP contribution is 2.40. The third-order valence-corrected chi connectivity index (χ3v) is 5.27. The molecule has 0 bridgehead atoms. The van der Waals surface area contributed by atoms with Crippen LogP contribution in [0.1, 0.15) is 50.0 Å². The summed E-state index contributed by atoms with van der Waals surface area (Å²) >= 11 is 0. The fourth-order valence-corrected chi connectivity index (χ4v) is 3.93. The molecule has 0 saturated heterocycles. The van der Waals surface area contributed by atoms with E-state index in [0.29, 0.717) is 5.92 Å². The SMILES string of the molecule is c1cc(C2CCCCC2CNC2CC2)c2cnccc2c1. The minimum atomic E-state index is 0.706. The van der Waals surface area contributed by atoms with Gasteiger partial charge in [-0.3, -0.25) is 4.98 Å². The molecule has 2 aromatic rings. The molecule has 1 N–H and O–H groups in total. The molecule has 4 rings (SSSR count). The van der Waals surface area contributed by atoms with E-state index >= 15 is 0 Å². The van der Waals surface area contributed by atoms with Crippen molar-refractivity contribution in [3.8, 4) is 0 Å². The lowest BCUT2D eigenvalue weighted by atomic mass is 9.74. The molecule has 2 aliphatic carbocycles. The first-order valence-corrected chi connectivity index (χ1v) is 8.48. The molecule has 2 atom stereocenters. The van der Waals surface area contributed by atoms with Crippen LogP contribution in [0.3, 0.4) is 0 Å². The Kier molecular flexibility index (Phi) is 3.64. The van der Waals surface area contributed by atoms with Crippen molar-refractivity contribution in [2.24, 2.45) is 5.92 Å². The third kappa shape index (κ3) is 2.82. The van der Waals surface area contributed by atoms with Gasteiger partial charge in [-0.15, -0.1) is 0 Å². The molecule has 1 aromatic carbocycles. The Balaban J connectivity index is 1.63. The predicted octanol–water partition coefficient (Wildman–Crippen LogP) is 4.26. The van der Waals surface area contributed by atoms with Gasteiger partial charge in [0.1, 0.15) is 0 Å². The molecule has 0 amide bonds. The molecule has 2 nitrogen and oxygen atoms in total. The molecule has 0 radical (unpaired) electrons. The van der Waals surface area contributed by atoms with Crippen molar-refractivity contribution in [1.29, 1.82) is 0 Å². The van der Waals surface area contributed by atoms with Crippen molar-refractivity contribution < 1.29 is 0 Å². The summed E-state index contributed by atoms with van der Waals surface area (Å²) in [6.07, 6.45) is 12.2. The fourth-order valence-electron chi connectivity index (χ4n) is 3.93. The van der Waals surface area contributed by atoms with Crippen LogP contribution in [0.5, 0.6) is 0 Å². The number of hydrogen-bond acceptors (Lipinski definition) is 2. The molecule has 1 heterocycles. The van der Waals surface area contributed by atoms with E-state index in [1.54, 1.807) is 0 Å². The van der Waals surface area contributed by atoms with Gasteiger partial charge >= 0.3 is 0 Å². The summed E-state index contributed by atoms with van der Waals surface area (Å²) in [4.78, 5) is 4.36. The van der Waals surface area contributed by atoms with E-state index in [9.17, 15) is 0 Å². The van der Waals surface area contributed by atoms with Gasteiger partial charge in [0.05, 0.1) is 0 Å². The number of aromatic nitrogens is 1. The first kappa shape index (κ1) is 13.3. The van der Waals surface area contributed by atoms with E-state index in [1.807, 2.05) is 6.20 Å². The lowest BCUT2D eigenvalue weighted by Gasteiger charge is -2.33. The topological polar surface area (TPSA) is 24.9 Å². The van der Waals surface area contributed by atoms with E-state index in [2.05, 4.69) is 40.8 Å². The maximum atomic E-state index is 4.36. The largest absolute Gasteiger partial charge is 0.314 e. The van der Waals surface area contributed by atoms with Gasteiger partial charge < -0.3 is 5.32 Å². The van der Waals surface area contributed by atoms with Crippen molar-refractivity contribution >= 4 is 10.8 Å². The average Bonchev–Trinajstić information content (AvgIpc) is 3.37. The Labute approximate surface area is 127 Å². The summed E-state index contributed by atoms with van der Waals surface area (Å²) in [5.74, 6) is 1.50. The zero-order chi connectivity index (χ0) is 14.1. The predicted molar refractivity (Wildman–Crippen MR) is 87.5 cm³/mol. The average molecular weight is 280 g/mol. The molecule has 2 heteroatoms. The Morgan fingerprint density at radius 3 is 2.86 bits per heavy atom. The van der Waals surface area contributed by atoms with Gasteiger partial charge in [0.25, 0.3) is 0 Å². The normalized spacial score (nSPS) is 26.1. The lowest BCUT2D eigenvalue weighted by Crippen LogP contribution is -2.30. The number of nitrogens with one attached hydrogen (secondary N) is 1. The monoisotopic (exact) mass is 280 g/mol. The maximum absolute atomic E-state index is 4.36. The highest BCUT2D eigenvalue weighted by molar-refractivity contribution is 5.85. The van der Waals surface area contributed by atoms with Crippen LogP contribution in [0.2, 0.25) is 0 Å². The summed E-state index contributed by atoms with van der Waals surface area (Å²) in [5.41, 5.74) is 1.53. The molecule has 21 heavy (non-hydrogen) atoms. The zero-order valence-electron chi connectivity index (χ0n) is 12.6. The van der Waals surface area contributed by atoms with Crippen LogP contribution in [0.4, 0.5) is 0 Å². The minimum Gasteiger partial charge on any atom is -0.314 e. The maximum Gasteiger partial charge on any atom is 0.0349 e. The Hall–Kier alpha value is -1.41. The van der Waals surface area contributed by atoms with E-state index in [0.717, 1.165) is 12.0 Å². The van der Waals surface area contributed by atoms with Gasteiger partial charge in [-0.05, 0) is 61.1 Å². The number of pyridine rings is 1. The van der Waals surface area contributed by atoms with Crippen molar-refractivity contribution in [3.05, 3.63) is 42.2 Å². The molecule has 2 aliphatic rings. The second-order valence-electron chi connectivity index (χ2n) is 6.78. The van der Waals surface area contributed by atoms with Crippen molar-refractivity contribution in [2.45, 2.75) is 50.5 Å². The number of nitrogens with zero attached hydrogens (tertiary/aromatic N) is 1. The zero-order valence-corrected chi connectivity index (χ0v) is 12.6. The van der Waals surface area contributed by atoms with Crippen LogP contribution >= 0.6 is 0 Å². The van der Waals surface area contributed by atoms with Crippen molar-refractivity contribution in [1.82, 2.24) is 10.3 Å². The van der Waals surface area contributed by atoms with Crippen LogP contribution in [0.15, 0.2) is 36.7 Å².